The molecule has 0 saturated heterocycles. The minimum atomic E-state index is -0.264. The largest absolute Gasteiger partial charge is 0.493 e. The fraction of sp³-hybridized carbons (Fsp3) is 0.200. The van der Waals surface area contributed by atoms with Crippen molar-refractivity contribution in [1.82, 2.24) is 0 Å². The maximum atomic E-state index is 12.8. The lowest BCUT2D eigenvalue weighted by molar-refractivity contribution is -0.114. The molecule has 2 N–H and O–H groups in total. The first-order valence-corrected chi connectivity index (χ1v) is 10.1. The third-order valence-corrected chi connectivity index (χ3v) is 4.45. The van der Waals surface area contributed by atoms with Crippen LogP contribution in [-0.4, -0.2) is 18.4 Å². The summed E-state index contributed by atoms with van der Waals surface area (Å²) < 4.78 is 11.6. The fourth-order valence-electron chi connectivity index (χ4n) is 3.08. The zero-order valence-corrected chi connectivity index (χ0v) is 17.9. The molecule has 3 aromatic rings. The second-order valence-corrected chi connectivity index (χ2v) is 7.08. The summed E-state index contributed by atoms with van der Waals surface area (Å²) in [5, 5.41) is 5.56. The molecule has 0 saturated carbocycles. The quantitative estimate of drug-likeness (QED) is 0.528. The van der Waals surface area contributed by atoms with Crippen molar-refractivity contribution in [3.05, 3.63) is 83.4 Å². The van der Waals surface area contributed by atoms with Crippen LogP contribution in [-0.2, 0) is 11.4 Å². The number of benzene rings is 3. The fourth-order valence-corrected chi connectivity index (χ4v) is 3.08. The van der Waals surface area contributed by atoms with Crippen molar-refractivity contribution in [3.63, 3.8) is 0 Å². The molecule has 0 aliphatic carbocycles. The summed E-state index contributed by atoms with van der Waals surface area (Å²) in [5.41, 5.74) is 3.57. The number of aryl methyl sites for hydroxylation is 1. The van der Waals surface area contributed by atoms with Gasteiger partial charge in [-0.15, -0.1) is 0 Å². The highest BCUT2D eigenvalue weighted by Gasteiger charge is 2.12. The molecule has 0 spiro atoms. The van der Waals surface area contributed by atoms with Crippen LogP contribution in [0.5, 0.6) is 11.5 Å². The van der Waals surface area contributed by atoms with E-state index in [0.29, 0.717) is 29.3 Å². The number of hydrogen-bond acceptors (Lipinski definition) is 4. The van der Waals surface area contributed by atoms with E-state index in [1.54, 1.807) is 42.5 Å². The first-order valence-electron chi connectivity index (χ1n) is 10.1. The number of amides is 2. The number of ether oxygens (including phenoxy) is 2. The third kappa shape index (κ3) is 6.34. The number of nitrogens with one attached hydrogen (secondary N) is 2. The Morgan fingerprint density at radius 2 is 1.61 bits per heavy atom. The van der Waals surface area contributed by atoms with E-state index >= 15 is 0 Å². The summed E-state index contributed by atoms with van der Waals surface area (Å²) in [5.74, 6) is 1.000. The normalized spacial score (nSPS) is 10.3. The van der Waals surface area contributed by atoms with Gasteiger partial charge in [-0.25, -0.2) is 0 Å². The predicted octanol–water partition coefficient (Wildman–Crippen LogP) is 5.18. The van der Waals surface area contributed by atoms with Gasteiger partial charge < -0.3 is 20.1 Å². The number of hydrogen-bond donors (Lipinski definition) is 2. The van der Waals surface area contributed by atoms with Crippen LogP contribution in [0.1, 0.15) is 35.3 Å². The van der Waals surface area contributed by atoms with Gasteiger partial charge in [0.2, 0.25) is 5.91 Å². The molecule has 0 bridgehead atoms. The van der Waals surface area contributed by atoms with Gasteiger partial charge in [0.1, 0.15) is 18.1 Å². The van der Waals surface area contributed by atoms with Crippen LogP contribution in [0.3, 0.4) is 0 Å². The molecule has 3 rings (SSSR count). The molecule has 0 unspecified atom stereocenters. The lowest BCUT2D eigenvalue weighted by Crippen LogP contribution is -2.13. The highest BCUT2D eigenvalue weighted by molar-refractivity contribution is 6.05. The summed E-state index contributed by atoms with van der Waals surface area (Å²) in [6.07, 6.45) is 0. The molecule has 0 aromatic heterocycles. The molecule has 0 radical (unpaired) electrons. The SMILES string of the molecule is CCOc1ccc(C(=O)Nc2cccc(NC(C)=O)c2)cc1COc1cccc(C)c1. The summed E-state index contributed by atoms with van der Waals surface area (Å²) in [7, 11) is 0. The van der Waals surface area contributed by atoms with Crippen molar-refractivity contribution >= 4 is 23.2 Å². The van der Waals surface area contributed by atoms with E-state index in [2.05, 4.69) is 10.6 Å². The summed E-state index contributed by atoms with van der Waals surface area (Å²) in [4.78, 5) is 24.1. The molecule has 0 fully saturated rings. The van der Waals surface area contributed by atoms with Crippen molar-refractivity contribution in [3.8, 4) is 11.5 Å². The van der Waals surface area contributed by atoms with Gasteiger partial charge in [0.25, 0.3) is 5.91 Å². The molecule has 160 valence electrons. The van der Waals surface area contributed by atoms with Crippen molar-refractivity contribution in [2.75, 3.05) is 17.2 Å². The van der Waals surface area contributed by atoms with E-state index in [0.717, 1.165) is 16.9 Å². The maximum absolute atomic E-state index is 12.8. The summed E-state index contributed by atoms with van der Waals surface area (Å²) in [6, 6.07) is 20.1. The van der Waals surface area contributed by atoms with Gasteiger partial charge in [-0.3, -0.25) is 9.59 Å². The van der Waals surface area contributed by atoms with Gasteiger partial charge in [0.15, 0.2) is 0 Å². The zero-order valence-electron chi connectivity index (χ0n) is 17.9. The second kappa shape index (κ2) is 10.3. The van der Waals surface area contributed by atoms with E-state index in [9.17, 15) is 9.59 Å². The molecule has 6 nitrogen and oxygen atoms in total. The smallest absolute Gasteiger partial charge is 0.255 e. The molecule has 0 heterocycles. The number of rotatable bonds is 8. The van der Waals surface area contributed by atoms with Crippen molar-refractivity contribution in [2.45, 2.75) is 27.4 Å². The van der Waals surface area contributed by atoms with Crippen LogP contribution < -0.4 is 20.1 Å². The average molecular weight is 418 g/mol. The van der Waals surface area contributed by atoms with Crippen molar-refractivity contribution in [1.29, 1.82) is 0 Å². The lowest BCUT2D eigenvalue weighted by atomic mass is 10.1. The van der Waals surface area contributed by atoms with Crippen molar-refractivity contribution < 1.29 is 19.1 Å². The van der Waals surface area contributed by atoms with Gasteiger partial charge in [-0.2, -0.15) is 0 Å². The number of carbonyl (C=O) groups excluding carboxylic acids is 2. The molecule has 0 atom stereocenters. The Kier molecular flexibility index (Phi) is 7.27. The highest BCUT2D eigenvalue weighted by Crippen LogP contribution is 2.24. The molecule has 0 aliphatic heterocycles. The highest BCUT2D eigenvalue weighted by atomic mass is 16.5. The van der Waals surface area contributed by atoms with Gasteiger partial charge >= 0.3 is 0 Å². The minimum absolute atomic E-state index is 0.173. The van der Waals surface area contributed by atoms with Gasteiger partial charge in [-0.1, -0.05) is 18.2 Å². The number of anilines is 2. The van der Waals surface area contributed by atoms with Crippen LogP contribution in [0, 0.1) is 6.92 Å². The second-order valence-electron chi connectivity index (χ2n) is 7.08. The van der Waals surface area contributed by atoms with Gasteiger partial charge in [0.05, 0.1) is 6.61 Å². The van der Waals surface area contributed by atoms with E-state index in [1.807, 2.05) is 38.1 Å². The Hall–Kier alpha value is -3.80. The van der Waals surface area contributed by atoms with Crippen LogP contribution in [0.15, 0.2) is 66.7 Å². The van der Waals surface area contributed by atoms with E-state index in [4.69, 9.17) is 9.47 Å². The monoisotopic (exact) mass is 418 g/mol. The van der Waals surface area contributed by atoms with Crippen LogP contribution in [0.4, 0.5) is 11.4 Å². The maximum Gasteiger partial charge on any atom is 0.255 e. The lowest BCUT2D eigenvalue weighted by Gasteiger charge is -2.14. The van der Waals surface area contributed by atoms with Gasteiger partial charge in [-0.05, 0) is 67.9 Å². The third-order valence-electron chi connectivity index (χ3n) is 4.45. The summed E-state index contributed by atoms with van der Waals surface area (Å²) in [6.45, 7) is 6.14. The van der Waals surface area contributed by atoms with E-state index in [1.165, 1.54) is 6.92 Å². The Balaban J connectivity index is 1.77. The molecule has 2 amide bonds. The Morgan fingerprint density at radius 3 is 2.32 bits per heavy atom. The predicted molar refractivity (Wildman–Crippen MR) is 122 cm³/mol. The van der Waals surface area contributed by atoms with Crippen molar-refractivity contribution in [2.24, 2.45) is 0 Å². The molecule has 6 heteroatoms. The zero-order chi connectivity index (χ0) is 22.2. The summed E-state index contributed by atoms with van der Waals surface area (Å²) >= 11 is 0. The molecular formula is C25H26N2O4. The topological polar surface area (TPSA) is 76.7 Å². The molecule has 3 aromatic carbocycles. The van der Waals surface area contributed by atoms with E-state index < -0.39 is 0 Å². The molecule has 31 heavy (non-hydrogen) atoms. The molecular weight excluding hydrogens is 392 g/mol. The Morgan fingerprint density at radius 1 is 0.871 bits per heavy atom. The Labute approximate surface area is 182 Å². The standard InChI is InChI=1S/C25H26N2O4/c1-4-30-24-12-11-19(14-20(24)16-31-23-10-5-7-17(2)13-23)25(29)27-22-9-6-8-21(15-22)26-18(3)28/h5-15H,4,16H2,1-3H3,(H,26,28)(H,27,29). The minimum Gasteiger partial charge on any atom is -0.493 e. The number of carbonyl (C=O) groups is 2. The first-order chi connectivity index (χ1) is 14.9. The van der Waals surface area contributed by atoms with Crippen LogP contribution >= 0.6 is 0 Å². The first kappa shape index (κ1) is 21.9. The van der Waals surface area contributed by atoms with E-state index in [-0.39, 0.29) is 18.4 Å². The van der Waals surface area contributed by atoms with Gasteiger partial charge in [0, 0.05) is 29.4 Å². The molecule has 0 aliphatic rings. The Bertz CT molecular complexity index is 1080. The van der Waals surface area contributed by atoms with Crippen LogP contribution in [0.25, 0.3) is 0 Å². The van der Waals surface area contributed by atoms with Crippen LogP contribution in [0.2, 0.25) is 0 Å². The average Bonchev–Trinajstić information content (AvgIpc) is 2.73.